The number of benzene rings is 1. The molecule has 8 nitrogen and oxygen atoms in total. The van der Waals surface area contributed by atoms with Crippen LogP contribution >= 0.6 is 0 Å². The number of fused-ring (bicyclic) bond motifs is 3. The first kappa shape index (κ1) is 19.4. The Morgan fingerprint density at radius 2 is 1.93 bits per heavy atom. The molecule has 3 aliphatic rings. The molecular weight excluding hydrogens is 384 g/mol. The highest BCUT2D eigenvalue weighted by Crippen LogP contribution is 2.45. The number of ether oxygens (including phenoxy) is 3. The molecule has 2 aromatic rings. The highest BCUT2D eigenvalue weighted by atomic mass is 16.5. The summed E-state index contributed by atoms with van der Waals surface area (Å²) in [5, 5.41) is 4.21. The van der Waals surface area contributed by atoms with Crippen molar-refractivity contribution >= 4 is 5.91 Å². The largest absolute Gasteiger partial charge is 0.493 e. The van der Waals surface area contributed by atoms with Gasteiger partial charge in [-0.25, -0.2) is 4.98 Å². The van der Waals surface area contributed by atoms with Crippen molar-refractivity contribution in [2.24, 2.45) is 5.92 Å². The third kappa shape index (κ3) is 3.14. The first-order valence-electron chi connectivity index (χ1n) is 10.7. The number of aromatic nitrogens is 3. The lowest BCUT2D eigenvalue weighted by Gasteiger charge is -2.45. The monoisotopic (exact) mass is 412 g/mol. The average molecular weight is 412 g/mol. The SMILES string of the molecule is COc1cc2c(cc1OC)C1(CCN(C(=O)C3CCn4ncnc4C3)CC1)OCC2. The number of hydrogen-bond donors (Lipinski definition) is 0. The number of carbonyl (C=O) groups excluding carboxylic acids is 1. The van der Waals surface area contributed by atoms with Crippen molar-refractivity contribution in [2.75, 3.05) is 33.9 Å². The Morgan fingerprint density at radius 3 is 2.70 bits per heavy atom. The maximum absolute atomic E-state index is 13.2. The predicted molar refractivity (Wildman–Crippen MR) is 109 cm³/mol. The summed E-state index contributed by atoms with van der Waals surface area (Å²) in [5.74, 6) is 2.64. The van der Waals surface area contributed by atoms with Gasteiger partial charge in [0.15, 0.2) is 11.5 Å². The number of aryl methyl sites for hydroxylation is 1. The van der Waals surface area contributed by atoms with E-state index in [0.717, 1.165) is 49.6 Å². The van der Waals surface area contributed by atoms with Crippen LogP contribution in [-0.4, -0.2) is 59.5 Å². The lowest BCUT2D eigenvalue weighted by molar-refractivity contribution is -0.145. The molecule has 0 radical (unpaired) electrons. The van der Waals surface area contributed by atoms with Crippen molar-refractivity contribution in [3.05, 3.63) is 35.4 Å². The molecule has 1 unspecified atom stereocenters. The zero-order chi connectivity index (χ0) is 20.7. The van der Waals surface area contributed by atoms with Crippen molar-refractivity contribution in [1.82, 2.24) is 19.7 Å². The molecule has 1 spiro atoms. The number of piperidine rings is 1. The molecule has 1 fully saturated rings. The van der Waals surface area contributed by atoms with Crippen LogP contribution in [0.1, 0.15) is 36.2 Å². The van der Waals surface area contributed by atoms with E-state index < -0.39 is 0 Å². The molecule has 160 valence electrons. The third-order valence-electron chi connectivity index (χ3n) is 6.90. The summed E-state index contributed by atoms with van der Waals surface area (Å²) in [6, 6.07) is 4.15. The fraction of sp³-hybridized carbons (Fsp3) is 0.591. The van der Waals surface area contributed by atoms with Crippen LogP contribution in [0.25, 0.3) is 0 Å². The number of nitrogens with zero attached hydrogens (tertiary/aromatic N) is 4. The van der Waals surface area contributed by atoms with Gasteiger partial charge in [-0.1, -0.05) is 0 Å². The lowest BCUT2D eigenvalue weighted by Crippen LogP contribution is -2.50. The number of hydrogen-bond acceptors (Lipinski definition) is 6. The van der Waals surface area contributed by atoms with Crippen LogP contribution in [0.5, 0.6) is 11.5 Å². The molecule has 5 rings (SSSR count). The van der Waals surface area contributed by atoms with E-state index in [2.05, 4.69) is 22.2 Å². The fourth-order valence-electron chi connectivity index (χ4n) is 5.19. The zero-order valence-corrected chi connectivity index (χ0v) is 17.6. The van der Waals surface area contributed by atoms with Crippen LogP contribution in [0, 0.1) is 5.92 Å². The van der Waals surface area contributed by atoms with Crippen molar-refractivity contribution in [3.63, 3.8) is 0 Å². The van der Waals surface area contributed by atoms with Gasteiger partial charge in [-0.2, -0.15) is 5.10 Å². The minimum absolute atomic E-state index is 0.000310. The summed E-state index contributed by atoms with van der Waals surface area (Å²) in [4.78, 5) is 19.5. The minimum atomic E-state index is -0.351. The van der Waals surface area contributed by atoms with Gasteiger partial charge in [-0.3, -0.25) is 9.48 Å². The van der Waals surface area contributed by atoms with Gasteiger partial charge < -0.3 is 19.1 Å². The summed E-state index contributed by atoms with van der Waals surface area (Å²) >= 11 is 0. The quantitative estimate of drug-likeness (QED) is 0.767. The van der Waals surface area contributed by atoms with Crippen molar-refractivity contribution in [1.29, 1.82) is 0 Å². The summed E-state index contributed by atoms with van der Waals surface area (Å²) < 4.78 is 19.3. The molecule has 1 atom stereocenters. The second-order valence-electron chi connectivity index (χ2n) is 8.37. The van der Waals surface area contributed by atoms with Crippen LogP contribution in [0.2, 0.25) is 0 Å². The first-order valence-corrected chi connectivity index (χ1v) is 10.7. The van der Waals surface area contributed by atoms with Gasteiger partial charge in [-0.05, 0) is 48.9 Å². The first-order chi connectivity index (χ1) is 14.6. The summed E-state index contributed by atoms with van der Waals surface area (Å²) in [7, 11) is 3.32. The summed E-state index contributed by atoms with van der Waals surface area (Å²) in [6.45, 7) is 2.86. The smallest absolute Gasteiger partial charge is 0.226 e. The van der Waals surface area contributed by atoms with Gasteiger partial charge in [0.05, 0.1) is 26.4 Å². The normalized spacial score (nSPS) is 22.3. The predicted octanol–water partition coefficient (Wildman–Crippen LogP) is 1.95. The van der Waals surface area contributed by atoms with E-state index in [0.29, 0.717) is 26.1 Å². The number of likely N-dealkylation sites (tertiary alicyclic amines) is 1. The van der Waals surface area contributed by atoms with Crippen molar-refractivity contribution in [3.8, 4) is 11.5 Å². The Morgan fingerprint density at radius 1 is 1.17 bits per heavy atom. The summed E-state index contributed by atoms with van der Waals surface area (Å²) in [5.41, 5.74) is 2.09. The Balaban J connectivity index is 1.32. The molecule has 1 saturated heterocycles. The van der Waals surface area contributed by atoms with Crippen LogP contribution in [0.15, 0.2) is 18.5 Å². The molecule has 0 bridgehead atoms. The number of rotatable bonds is 3. The Hall–Kier alpha value is -2.61. The molecule has 1 aromatic heterocycles. The maximum atomic E-state index is 13.2. The maximum Gasteiger partial charge on any atom is 0.226 e. The lowest BCUT2D eigenvalue weighted by atomic mass is 9.78. The van der Waals surface area contributed by atoms with E-state index in [1.807, 2.05) is 9.58 Å². The van der Waals surface area contributed by atoms with E-state index in [1.54, 1.807) is 20.5 Å². The van der Waals surface area contributed by atoms with Crippen molar-refractivity contribution < 1.29 is 19.0 Å². The Bertz CT molecular complexity index is 949. The molecule has 0 aliphatic carbocycles. The molecule has 8 heteroatoms. The van der Waals surface area contributed by atoms with Gasteiger partial charge >= 0.3 is 0 Å². The van der Waals surface area contributed by atoms with Crippen LogP contribution in [0.4, 0.5) is 0 Å². The molecular formula is C22H28N4O4. The summed E-state index contributed by atoms with van der Waals surface area (Å²) in [6.07, 6.45) is 5.54. The zero-order valence-electron chi connectivity index (χ0n) is 17.6. The Labute approximate surface area is 176 Å². The van der Waals surface area contributed by atoms with E-state index in [-0.39, 0.29) is 17.4 Å². The number of carbonyl (C=O) groups is 1. The van der Waals surface area contributed by atoms with Crippen LogP contribution in [-0.2, 0) is 34.5 Å². The van der Waals surface area contributed by atoms with Gasteiger partial charge in [0.1, 0.15) is 12.2 Å². The fourth-order valence-corrected chi connectivity index (χ4v) is 5.19. The molecule has 3 aliphatic heterocycles. The third-order valence-corrected chi connectivity index (χ3v) is 6.90. The highest BCUT2D eigenvalue weighted by molar-refractivity contribution is 5.79. The molecule has 0 saturated carbocycles. The number of methoxy groups -OCH3 is 2. The molecule has 1 amide bonds. The van der Waals surface area contributed by atoms with Gasteiger partial charge in [-0.15, -0.1) is 0 Å². The van der Waals surface area contributed by atoms with E-state index in [9.17, 15) is 4.79 Å². The minimum Gasteiger partial charge on any atom is -0.493 e. The van der Waals surface area contributed by atoms with Crippen molar-refractivity contribution in [2.45, 2.75) is 44.2 Å². The molecule has 0 N–H and O–H groups in total. The number of amides is 1. The second-order valence-corrected chi connectivity index (χ2v) is 8.37. The topological polar surface area (TPSA) is 78.7 Å². The van der Waals surface area contributed by atoms with E-state index >= 15 is 0 Å². The van der Waals surface area contributed by atoms with Gasteiger partial charge in [0, 0.05) is 32.0 Å². The second kappa shape index (κ2) is 7.58. The van der Waals surface area contributed by atoms with Gasteiger partial charge in [0.25, 0.3) is 0 Å². The molecule has 30 heavy (non-hydrogen) atoms. The van der Waals surface area contributed by atoms with Crippen LogP contribution in [0.3, 0.4) is 0 Å². The Kier molecular flexibility index (Phi) is 4.89. The molecule has 1 aromatic carbocycles. The van der Waals surface area contributed by atoms with Gasteiger partial charge in [0.2, 0.25) is 5.91 Å². The van der Waals surface area contributed by atoms with E-state index in [1.165, 1.54) is 11.1 Å². The average Bonchev–Trinajstić information content (AvgIpc) is 3.26. The van der Waals surface area contributed by atoms with E-state index in [4.69, 9.17) is 14.2 Å². The highest BCUT2D eigenvalue weighted by Gasteiger charge is 2.43. The standard InChI is InChI=1S/C22H28N4O4/c1-28-18-11-15-4-10-30-22(17(15)13-19(18)29-2)5-8-25(9-6-22)21(27)16-3-7-26-20(12-16)23-14-24-26/h11,13-14,16H,3-10,12H2,1-2H3. The van der Waals surface area contributed by atoms with Crippen LogP contribution < -0.4 is 9.47 Å². The molecule has 4 heterocycles.